The van der Waals surface area contributed by atoms with Crippen LogP contribution in [0.25, 0.3) is 0 Å². The Morgan fingerprint density at radius 2 is 1.80 bits per heavy atom. The summed E-state index contributed by atoms with van der Waals surface area (Å²) in [5, 5.41) is 3.61. The van der Waals surface area contributed by atoms with Gasteiger partial charge in [0.05, 0.1) is 12.2 Å². The molecule has 0 bridgehead atoms. The lowest BCUT2D eigenvalue weighted by Gasteiger charge is -2.43. The summed E-state index contributed by atoms with van der Waals surface area (Å²) in [5.74, 6) is 0.772. The molecule has 2 aliphatic rings. The van der Waals surface area contributed by atoms with Gasteiger partial charge in [-0.25, -0.2) is 0 Å². The predicted molar refractivity (Wildman–Crippen MR) is 106 cm³/mol. The van der Waals surface area contributed by atoms with Crippen LogP contribution in [0.4, 0.5) is 11.4 Å². The average Bonchev–Trinajstić information content (AvgIpc) is 2.68. The van der Waals surface area contributed by atoms with Gasteiger partial charge in [0.2, 0.25) is 0 Å². The van der Waals surface area contributed by atoms with Crippen molar-refractivity contribution < 1.29 is 4.74 Å². The maximum atomic E-state index is 6.09. The fourth-order valence-electron chi connectivity index (χ4n) is 4.19. The summed E-state index contributed by atoms with van der Waals surface area (Å²) < 4.78 is 6.09. The summed E-state index contributed by atoms with van der Waals surface area (Å²) in [4.78, 5) is 2.48. The monoisotopic (exact) mass is 345 g/mol. The second-order valence-corrected chi connectivity index (χ2v) is 7.87. The number of anilines is 2. The van der Waals surface area contributed by atoms with Gasteiger partial charge in [-0.05, 0) is 68.7 Å². The van der Waals surface area contributed by atoms with Crippen molar-refractivity contribution in [2.24, 2.45) is 11.7 Å². The van der Waals surface area contributed by atoms with Gasteiger partial charge in [0.1, 0.15) is 0 Å². The van der Waals surface area contributed by atoms with E-state index in [2.05, 4.69) is 48.3 Å². The minimum absolute atomic E-state index is 0.0248. The number of nitrogens with two attached hydrogens (primary N) is 1. The van der Waals surface area contributed by atoms with E-state index in [4.69, 9.17) is 10.5 Å². The van der Waals surface area contributed by atoms with Crippen LogP contribution < -0.4 is 16.0 Å². The highest BCUT2D eigenvalue weighted by atomic mass is 16.5. The number of hydrogen-bond acceptors (Lipinski definition) is 4. The van der Waals surface area contributed by atoms with E-state index in [9.17, 15) is 0 Å². The van der Waals surface area contributed by atoms with E-state index in [1.165, 1.54) is 37.1 Å². The minimum atomic E-state index is 0.0248. The summed E-state index contributed by atoms with van der Waals surface area (Å²) in [6.45, 7) is 8.34. The number of nitrogens with zero attached hydrogens (tertiary/aromatic N) is 1. The van der Waals surface area contributed by atoms with Crippen molar-refractivity contribution >= 4 is 11.4 Å². The van der Waals surface area contributed by atoms with E-state index in [0.29, 0.717) is 6.04 Å². The van der Waals surface area contributed by atoms with E-state index in [0.717, 1.165) is 45.0 Å². The number of hydrogen-bond donors (Lipinski definition) is 2. The molecule has 4 heteroatoms. The smallest absolute Gasteiger partial charge is 0.0852 e. The lowest BCUT2D eigenvalue weighted by Crippen LogP contribution is -2.51. The summed E-state index contributed by atoms with van der Waals surface area (Å²) in [7, 11) is 0. The minimum Gasteiger partial charge on any atom is -0.385 e. The maximum absolute atomic E-state index is 6.09. The Labute approximate surface area is 153 Å². The second-order valence-electron chi connectivity index (χ2n) is 7.87. The van der Waals surface area contributed by atoms with Crippen LogP contribution in [0.2, 0.25) is 0 Å². The highest BCUT2D eigenvalue weighted by Gasteiger charge is 2.33. The Morgan fingerprint density at radius 1 is 1.12 bits per heavy atom. The number of morpholine rings is 1. The van der Waals surface area contributed by atoms with Crippen LogP contribution in [-0.4, -0.2) is 37.9 Å². The Hall–Kier alpha value is -1.26. The molecule has 1 saturated heterocycles. The van der Waals surface area contributed by atoms with Crippen molar-refractivity contribution in [1.82, 2.24) is 0 Å². The fourth-order valence-corrected chi connectivity index (χ4v) is 4.19. The van der Waals surface area contributed by atoms with Gasteiger partial charge >= 0.3 is 0 Å². The third-order valence-corrected chi connectivity index (χ3v) is 6.26. The van der Waals surface area contributed by atoms with Crippen LogP contribution >= 0.6 is 0 Å². The molecule has 3 N–H and O–H groups in total. The zero-order valence-corrected chi connectivity index (χ0v) is 16.0. The van der Waals surface area contributed by atoms with Crippen molar-refractivity contribution in [3.05, 3.63) is 24.3 Å². The average molecular weight is 346 g/mol. The molecule has 1 heterocycles. The Kier molecular flexibility index (Phi) is 6.24. The van der Waals surface area contributed by atoms with Crippen LogP contribution in [-0.2, 0) is 4.74 Å². The molecule has 1 aliphatic heterocycles. The molecule has 0 amide bonds. The van der Waals surface area contributed by atoms with Gasteiger partial charge in [-0.15, -0.1) is 0 Å². The molecule has 1 aromatic rings. The third kappa shape index (κ3) is 4.68. The van der Waals surface area contributed by atoms with Crippen LogP contribution in [0, 0.1) is 5.92 Å². The molecule has 25 heavy (non-hydrogen) atoms. The molecule has 4 nitrogen and oxygen atoms in total. The molecule has 0 aromatic heterocycles. The number of benzene rings is 1. The van der Waals surface area contributed by atoms with Gasteiger partial charge in [0, 0.05) is 37.1 Å². The molecule has 2 fully saturated rings. The third-order valence-electron chi connectivity index (χ3n) is 6.26. The molecule has 140 valence electrons. The van der Waals surface area contributed by atoms with E-state index < -0.39 is 0 Å². The molecule has 1 aromatic carbocycles. The lowest BCUT2D eigenvalue weighted by molar-refractivity contribution is -0.0604. The number of rotatable bonds is 6. The SMILES string of the molecule is CCC1(CC)CN(c2ccc(NC[C@H]3CC[C@H](N)CC3)cc2)CCO1. The highest BCUT2D eigenvalue weighted by molar-refractivity contribution is 5.55. The molecular weight excluding hydrogens is 310 g/mol. The second kappa shape index (κ2) is 8.41. The predicted octanol–water partition coefficient (Wildman–Crippen LogP) is 4.01. The summed E-state index contributed by atoms with van der Waals surface area (Å²) in [6.07, 6.45) is 7.03. The molecule has 0 atom stereocenters. The molecule has 1 saturated carbocycles. The largest absolute Gasteiger partial charge is 0.385 e. The van der Waals surface area contributed by atoms with E-state index >= 15 is 0 Å². The van der Waals surface area contributed by atoms with Crippen molar-refractivity contribution in [3.63, 3.8) is 0 Å². The van der Waals surface area contributed by atoms with Gasteiger partial charge in [0.15, 0.2) is 0 Å². The topological polar surface area (TPSA) is 50.5 Å². The number of nitrogens with one attached hydrogen (secondary N) is 1. The first-order valence-electron chi connectivity index (χ1n) is 10.1. The van der Waals surface area contributed by atoms with Crippen LogP contribution in [0.5, 0.6) is 0 Å². The van der Waals surface area contributed by atoms with E-state index in [1.807, 2.05) is 0 Å². The van der Waals surface area contributed by atoms with Crippen molar-refractivity contribution in [2.45, 2.75) is 64.0 Å². The van der Waals surface area contributed by atoms with Gasteiger partial charge in [-0.2, -0.15) is 0 Å². The zero-order chi connectivity index (χ0) is 17.7. The standard InChI is InChI=1S/C21H35N3O/c1-3-21(4-2)16-24(13-14-25-21)20-11-9-19(10-12-20)23-15-17-5-7-18(22)8-6-17/h9-12,17-18,23H,3-8,13-16,22H2,1-2H3/t17-,18-. The molecular formula is C21H35N3O. The molecule has 3 rings (SSSR count). The highest BCUT2D eigenvalue weighted by Crippen LogP contribution is 2.29. The first kappa shape index (κ1) is 18.5. The summed E-state index contributed by atoms with van der Waals surface area (Å²) in [6, 6.07) is 9.38. The molecule has 0 unspecified atom stereocenters. The summed E-state index contributed by atoms with van der Waals surface area (Å²) in [5.41, 5.74) is 8.56. The van der Waals surface area contributed by atoms with E-state index in [1.54, 1.807) is 0 Å². The van der Waals surface area contributed by atoms with Crippen molar-refractivity contribution in [2.75, 3.05) is 36.5 Å². The zero-order valence-electron chi connectivity index (χ0n) is 16.0. The number of ether oxygens (including phenoxy) is 1. The van der Waals surface area contributed by atoms with Gasteiger partial charge in [0.25, 0.3) is 0 Å². The Bertz CT molecular complexity index is 518. The lowest BCUT2D eigenvalue weighted by atomic mass is 9.86. The molecule has 0 radical (unpaired) electrons. The van der Waals surface area contributed by atoms with Crippen molar-refractivity contribution in [3.8, 4) is 0 Å². The molecule has 1 aliphatic carbocycles. The Balaban J connectivity index is 1.53. The van der Waals surface area contributed by atoms with Gasteiger partial charge in [-0.3, -0.25) is 0 Å². The van der Waals surface area contributed by atoms with Gasteiger partial charge in [-0.1, -0.05) is 13.8 Å². The van der Waals surface area contributed by atoms with Crippen molar-refractivity contribution in [1.29, 1.82) is 0 Å². The maximum Gasteiger partial charge on any atom is 0.0852 e. The quantitative estimate of drug-likeness (QED) is 0.818. The first-order chi connectivity index (χ1) is 12.1. The first-order valence-corrected chi connectivity index (χ1v) is 10.1. The normalized spacial score (nSPS) is 26.4. The Morgan fingerprint density at radius 3 is 2.44 bits per heavy atom. The van der Waals surface area contributed by atoms with Crippen LogP contribution in [0.3, 0.4) is 0 Å². The van der Waals surface area contributed by atoms with Crippen LogP contribution in [0.1, 0.15) is 52.4 Å². The fraction of sp³-hybridized carbons (Fsp3) is 0.714. The van der Waals surface area contributed by atoms with E-state index in [-0.39, 0.29) is 5.60 Å². The van der Waals surface area contributed by atoms with Gasteiger partial charge < -0.3 is 20.7 Å². The summed E-state index contributed by atoms with van der Waals surface area (Å²) >= 11 is 0. The molecule has 0 spiro atoms. The van der Waals surface area contributed by atoms with Crippen LogP contribution in [0.15, 0.2) is 24.3 Å².